The Morgan fingerprint density at radius 2 is 2.13 bits per heavy atom. The van der Waals surface area contributed by atoms with Crippen molar-refractivity contribution < 1.29 is 4.79 Å². The third kappa shape index (κ3) is 2.65. The van der Waals surface area contributed by atoms with E-state index in [1.165, 1.54) is 6.33 Å². The second kappa shape index (κ2) is 3.84. The molecule has 82 valence electrons. The van der Waals surface area contributed by atoms with E-state index in [9.17, 15) is 9.59 Å². The highest BCUT2D eigenvalue weighted by Crippen LogP contribution is 2.21. The molecule has 5 nitrogen and oxygen atoms in total. The van der Waals surface area contributed by atoms with Gasteiger partial charge in [-0.15, -0.1) is 0 Å². The van der Waals surface area contributed by atoms with Gasteiger partial charge in [-0.25, -0.2) is 4.98 Å². The molecule has 0 aliphatic carbocycles. The Hall–Kier alpha value is -1.65. The summed E-state index contributed by atoms with van der Waals surface area (Å²) < 4.78 is 0. The zero-order valence-electron chi connectivity index (χ0n) is 9.13. The van der Waals surface area contributed by atoms with E-state index in [-0.39, 0.29) is 17.4 Å². The minimum atomic E-state index is -0.529. The Kier molecular flexibility index (Phi) is 2.93. The second-order valence-electron chi connectivity index (χ2n) is 4.45. The van der Waals surface area contributed by atoms with Gasteiger partial charge in [-0.05, 0) is 0 Å². The number of hydrogen-bond donors (Lipinski definition) is 2. The normalized spacial score (nSPS) is 11.4. The van der Waals surface area contributed by atoms with Gasteiger partial charge in [0.25, 0.3) is 5.56 Å². The first-order chi connectivity index (χ1) is 6.82. The number of carbonyl (C=O) groups excluding carboxylic acids is 1. The lowest BCUT2D eigenvalue weighted by atomic mass is 9.88. The maximum atomic E-state index is 11.5. The van der Waals surface area contributed by atoms with Gasteiger partial charge in [-0.2, -0.15) is 0 Å². The summed E-state index contributed by atoms with van der Waals surface area (Å²) in [5, 5.41) is 0. The van der Waals surface area contributed by atoms with Gasteiger partial charge in [-0.3, -0.25) is 9.59 Å². The molecular formula is C10H15N3O2. The van der Waals surface area contributed by atoms with Crippen molar-refractivity contribution in [1.82, 2.24) is 9.97 Å². The monoisotopic (exact) mass is 209 g/mol. The third-order valence-electron chi connectivity index (χ3n) is 2.01. The highest BCUT2D eigenvalue weighted by atomic mass is 16.1. The summed E-state index contributed by atoms with van der Waals surface area (Å²) in [5.74, 6) is -0.529. The van der Waals surface area contributed by atoms with Crippen LogP contribution in [0.1, 0.15) is 32.0 Å². The molecule has 0 fully saturated rings. The molecule has 0 unspecified atom stereocenters. The van der Waals surface area contributed by atoms with Gasteiger partial charge in [0.1, 0.15) is 0 Å². The average Bonchev–Trinajstić information content (AvgIpc) is 2.05. The molecule has 0 saturated heterocycles. The Bertz CT molecular complexity index is 429. The zero-order valence-corrected chi connectivity index (χ0v) is 9.13. The molecule has 15 heavy (non-hydrogen) atoms. The average molecular weight is 209 g/mol. The topological polar surface area (TPSA) is 88.8 Å². The number of nitrogens with two attached hydrogens (primary N) is 1. The molecule has 1 heterocycles. The molecule has 0 bridgehead atoms. The van der Waals surface area contributed by atoms with E-state index < -0.39 is 5.91 Å². The molecule has 0 spiro atoms. The third-order valence-corrected chi connectivity index (χ3v) is 2.01. The molecule has 1 aromatic heterocycles. The van der Waals surface area contributed by atoms with Gasteiger partial charge in [0.2, 0.25) is 5.91 Å². The van der Waals surface area contributed by atoms with Crippen LogP contribution in [0.3, 0.4) is 0 Å². The minimum absolute atomic E-state index is 0.0736. The van der Waals surface area contributed by atoms with E-state index in [1.54, 1.807) is 0 Å². The second-order valence-corrected chi connectivity index (χ2v) is 4.45. The van der Waals surface area contributed by atoms with Crippen LogP contribution in [0.4, 0.5) is 0 Å². The summed E-state index contributed by atoms with van der Waals surface area (Å²) in [6, 6.07) is 0. The molecule has 1 rings (SSSR count). The lowest BCUT2D eigenvalue weighted by molar-refractivity contribution is -0.117. The fourth-order valence-electron chi connectivity index (χ4n) is 1.41. The summed E-state index contributed by atoms with van der Waals surface area (Å²) in [5.41, 5.74) is 5.48. The van der Waals surface area contributed by atoms with Crippen molar-refractivity contribution in [2.45, 2.75) is 32.6 Å². The van der Waals surface area contributed by atoms with E-state index >= 15 is 0 Å². The van der Waals surface area contributed by atoms with Crippen molar-refractivity contribution in [1.29, 1.82) is 0 Å². The molecule has 0 saturated carbocycles. The molecule has 5 heteroatoms. The van der Waals surface area contributed by atoms with Crippen molar-refractivity contribution in [2.24, 2.45) is 5.73 Å². The quantitative estimate of drug-likeness (QED) is 0.723. The number of hydrogen-bond acceptors (Lipinski definition) is 3. The van der Waals surface area contributed by atoms with E-state index in [1.807, 2.05) is 20.8 Å². The predicted octanol–water partition coefficient (Wildman–Crippen LogP) is 0.0952. The fourth-order valence-corrected chi connectivity index (χ4v) is 1.41. The minimum Gasteiger partial charge on any atom is -0.369 e. The van der Waals surface area contributed by atoms with Crippen LogP contribution in [0.25, 0.3) is 0 Å². The molecule has 1 aromatic rings. The number of primary amides is 1. The van der Waals surface area contributed by atoms with Crippen molar-refractivity contribution in [3.8, 4) is 0 Å². The number of H-pyrrole nitrogens is 1. The van der Waals surface area contributed by atoms with Crippen LogP contribution >= 0.6 is 0 Å². The number of nitrogens with zero attached hydrogens (tertiary/aromatic N) is 1. The molecule has 0 aliphatic heterocycles. The molecule has 0 atom stereocenters. The van der Waals surface area contributed by atoms with Gasteiger partial charge in [-0.1, -0.05) is 20.8 Å². The summed E-state index contributed by atoms with van der Waals surface area (Å²) >= 11 is 0. The number of aromatic nitrogens is 2. The van der Waals surface area contributed by atoms with Crippen LogP contribution in [-0.2, 0) is 16.6 Å². The number of rotatable bonds is 2. The number of amides is 1. The van der Waals surface area contributed by atoms with E-state index in [0.29, 0.717) is 11.3 Å². The first kappa shape index (κ1) is 11.4. The van der Waals surface area contributed by atoms with Gasteiger partial charge in [0.05, 0.1) is 18.4 Å². The van der Waals surface area contributed by atoms with Gasteiger partial charge >= 0.3 is 0 Å². The van der Waals surface area contributed by atoms with Crippen LogP contribution in [0.2, 0.25) is 0 Å². The van der Waals surface area contributed by atoms with Crippen molar-refractivity contribution in [3.05, 3.63) is 27.9 Å². The number of carbonyl (C=O) groups is 1. The van der Waals surface area contributed by atoms with E-state index in [4.69, 9.17) is 5.73 Å². The Balaban J connectivity index is 3.33. The van der Waals surface area contributed by atoms with E-state index in [0.717, 1.165) is 0 Å². The smallest absolute Gasteiger partial charge is 0.254 e. The standard InChI is InChI=1S/C10H15N3O2/c1-10(2,3)8-6(4-7(11)14)9(15)13-5-12-8/h5H,4H2,1-3H3,(H2,11,14)(H,12,13,15). The molecule has 0 radical (unpaired) electrons. The van der Waals surface area contributed by atoms with Crippen LogP contribution < -0.4 is 11.3 Å². The van der Waals surface area contributed by atoms with E-state index in [2.05, 4.69) is 9.97 Å². The van der Waals surface area contributed by atoms with Crippen molar-refractivity contribution >= 4 is 5.91 Å². The van der Waals surface area contributed by atoms with Crippen molar-refractivity contribution in [3.63, 3.8) is 0 Å². The maximum absolute atomic E-state index is 11.5. The van der Waals surface area contributed by atoms with Crippen molar-refractivity contribution in [2.75, 3.05) is 0 Å². The SMILES string of the molecule is CC(C)(C)c1nc[nH]c(=O)c1CC(N)=O. The number of aromatic amines is 1. The Morgan fingerprint density at radius 1 is 1.53 bits per heavy atom. The predicted molar refractivity (Wildman–Crippen MR) is 56.5 cm³/mol. The first-order valence-corrected chi connectivity index (χ1v) is 4.67. The van der Waals surface area contributed by atoms with Gasteiger partial charge in [0, 0.05) is 11.0 Å². The first-order valence-electron chi connectivity index (χ1n) is 4.67. The van der Waals surface area contributed by atoms with Crippen LogP contribution in [0, 0.1) is 0 Å². The Labute approximate surface area is 87.7 Å². The fraction of sp³-hybridized carbons (Fsp3) is 0.500. The van der Waals surface area contributed by atoms with Crippen LogP contribution in [0.5, 0.6) is 0 Å². The summed E-state index contributed by atoms with van der Waals surface area (Å²) in [6.07, 6.45) is 1.27. The molecule has 0 aliphatic rings. The molecule has 0 aromatic carbocycles. The van der Waals surface area contributed by atoms with Gasteiger partial charge < -0.3 is 10.7 Å². The Morgan fingerprint density at radius 3 is 2.60 bits per heavy atom. The zero-order chi connectivity index (χ0) is 11.6. The van der Waals surface area contributed by atoms with Crippen LogP contribution in [0.15, 0.2) is 11.1 Å². The lowest BCUT2D eigenvalue weighted by Gasteiger charge is -2.19. The summed E-state index contributed by atoms with van der Waals surface area (Å²) in [4.78, 5) is 28.9. The summed E-state index contributed by atoms with van der Waals surface area (Å²) in [6.45, 7) is 5.79. The highest BCUT2D eigenvalue weighted by Gasteiger charge is 2.22. The number of nitrogens with one attached hydrogen (secondary N) is 1. The van der Waals surface area contributed by atoms with Gasteiger partial charge in [0.15, 0.2) is 0 Å². The molecular weight excluding hydrogens is 194 g/mol. The van der Waals surface area contributed by atoms with Crippen LogP contribution in [-0.4, -0.2) is 15.9 Å². The molecule has 3 N–H and O–H groups in total. The highest BCUT2D eigenvalue weighted by molar-refractivity contribution is 5.76. The lowest BCUT2D eigenvalue weighted by Crippen LogP contribution is -2.28. The molecule has 1 amide bonds. The summed E-state index contributed by atoms with van der Waals surface area (Å²) in [7, 11) is 0. The largest absolute Gasteiger partial charge is 0.369 e. The maximum Gasteiger partial charge on any atom is 0.254 e.